The van der Waals surface area contributed by atoms with Crippen LogP contribution in [0.3, 0.4) is 0 Å². The van der Waals surface area contributed by atoms with Gasteiger partial charge in [-0.25, -0.2) is 0 Å². The third-order valence-electron chi connectivity index (χ3n) is 10.5. The second-order valence-electron chi connectivity index (χ2n) is 14.5. The van der Waals surface area contributed by atoms with Crippen LogP contribution in [0.2, 0.25) is 0 Å². The first-order chi connectivity index (χ1) is 21.9. The van der Waals surface area contributed by atoms with Gasteiger partial charge >= 0.3 is 0 Å². The normalized spacial score (nSPS) is 20.8. The zero-order valence-corrected chi connectivity index (χ0v) is 29.5. The smallest absolute Gasteiger partial charge is 0.0841 e. The zero-order valence-electron chi connectivity index (χ0n) is 29.5. The third-order valence-corrected chi connectivity index (χ3v) is 10.5. The van der Waals surface area contributed by atoms with Gasteiger partial charge in [-0.1, -0.05) is 155 Å². The molecule has 0 N–H and O–H groups in total. The average Bonchev–Trinajstić information content (AvgIpc) is 3.95. The van der Waals surface area contributed by atoms with E-state index >= 15 is 0 Å². The standard InChI is InChI=1S/C39H72O6/c1-3-5-7-9-11-13-15-17-19-21-23-27-33-35(44-33)29-25-31-39(37(40)41,38(42)43)32-26-30-36-34(45-36)28-24-22-20-18-16-14-12-10-8-6-4-2/h33-36H,3-32H2,1-2H3,(H,40,41)(H,42,43)/p-2. The Morgan fingerprint density at radius 3 is 0.933 bits per heavy atom. The van der Waals surface area contributed by atoms with Gasteiger partial charge in [-0.3, -0.25) is 0 Å². The Kier molecular flexibility index (Phi) is 22.2. The fraction of sp³-hybridized carbons (Fsp3) is 0.949. The number of carboxylic acid groups (broad SMARTS) is 2. The van der Waals surface area contributed by atoms with E-state index < -0.39 is 17.4 Å². The van der Waals surface area contributed by atoms with Crippen LogP contribution in [0, 0.1) is 5.41 Å². The molecule has 2 fully saturated rings. The number of unbranched alkanes of at least 4 members (excludes halogenated alkanes) is 20. The van der Waals surface area contributed by atoms with Gasteiger partial charge in [0.25, 0.3) is 0 Å². The summed E-state index contributed by atoms with van der Waals surface area (Å²) in [7, 11) is 0. The number of ether oxygens (including phenoxy) is 2. The molecule has 4 unspecified atom stereocenters. The van der Waals surface area contributed by atoms with E-state index in [4.69, 9.17) is 9.47 Å². The van der Waals surface area contributed by atoms with E-state index in [1.807, 2.05) is 0 Å². The molecule has 2 rings (SSSR count). The number of aliphatic carboxylic acids is 2. The topological polar surface area (TPSA) is 105 Å². The third kappa shape index (κ3) is 18.1. The van der Waals surface area contributed by atoms with Crippen molar-refractivity contribution >= 4 is 11.9 Å². The van der Waals surface area contributed by atoms with Crippen molar-refractivity contribution in [2.45, 2.75) is 231 Å². The molecule has 2 heterocycles. The van der Waals surface area contributed by atoms with Crippen molar-refractivity contribution in [1.29, 1.82) is 0 Å². The monoisotopic (exact) mass is 635 g/mol. The molecule has 264 valence electrons. The Morgan fingerprint density at radius 1 is 0.422 bits per heavy atom. The van der Waals surface area contributed by atoms with Crippen LogP contribution in [0.25, 0.3) is 0 Å². The van der Waals surface area contributed by atoms with Gasteiger partial charge in [0.05, 0.1) is 36.4 Å². The van der Waals surface area contributed by atoms with E-state index in [1.165, 1.54) is 141 Å². The molecule has 2 aliphatic rings. The minimum atomic E-state index is -1.92. The molecule has 0 spiro atoms. The average molecular weight is 635 g/mol. The summed E-state index contributed by atoms with van der Waals surface area (Å²) in [6.07, 6.45) is 34.6. The van der Waals surface area contributed by atoms with Crippen LogP contribution in [0.15, 0.2) is 0 Å². The zero-order chi connectivity index (χ0) is 32.6. The molecule has 6 heteroatoms. The van der Waals surface area contributed by atoms with E-state index in [-0.39, 0.29) is 37.3 Å². The van der Waals surface area contributed by atoms with Gasteiger partial charge in [-0.15, -0.1) is 0 Å². The summed E-state index contributed by atoms with van der Waals surface area (Å²) in [5, 5.41) is 24.1. The molecule has 0 bridgehead atoms. The molecule has 4 atom stereocenters. The summed E-state index contributed by atoms with van der Waals surface area (Å²) in [6, 6.07) is 0. The van der Waals surface area contributed by atoms with Crippen molar-refractivity contribution in [1.82, 2.24) is 0 Å². The number of rotatable bonds is 34. The molecule has 0 aromatic heterocycles. The number of epoxide rings is 2. The van der Waals surface area contributed by atoms with Crippen molar-refractivity contribution in [3.8, 4) is 0 Å². The van der Waals surface area contributed by atoms with Crippen LogP contribution in [0.5, 0.6) is 0 Å². The highest BCUT2D eigenvalue weighted by molar-refractivity contribution is 5.96. The molecular formula is C39H70O6-2. The van der Waals surface area contributed by atoms with Crippen LogP contribution in [-0.4, -0.2) is 36.4 Å². The van der Waals surface area contributed by atoms with Gasteiger partial charge in [-0.2, -0.15) is 0 Å². The van der Waals surface area contributed by atoms with Gasteiger partial charge in [0.1, 0.15) is 0 Å². The van der Waals surface area contributed by atoms with Gasteiger partial charge in [0.2, 0.25) is 0 Å². The summed E-state index contributed by atoms with van der Waals surface area (Å²) >= 11 is 0. The van der Waals surface area contributed by atoms with Crippen molar-refractivity contribution in [2.24, 2.45) is 5.41 Å². The molecule has 45 heavy (non-hydrogen) atoms. The molecule has 0 aromatic rings. The predicted octanol–water partition coefficient (Wildman–Crippen LogP) is 8.75. The summed E-state index contributed by atoms with van der Waals surface area (Å²) in [6.45, 7) is 4.52. The number of carbonyl (C=O) groups is 2. The largest absolute Gasteiger partial charge is 0.549 e. The fourth-order valence-electron chi connectivity index (χ4n) is 7.22. The van der Waals surface area contributed by atoms with E-state index in [2.05, 4.69) is 13.8 Å². The van der Waals surface area contributed by atoms with Crippen LogP contribution in [-0.2, 0) is 19.1 Å². The van der Waals surface area contributed by atoms with Gasteiger partial charge in [0, 0.05) is 5.41 Å². The van der Waals surface area contributed by atoms with Crippen LogP contribution in [0.4, 0.5) is 0 Å². The molecule has 2 saturated heterocycles. The number of carboxylic acids is 2. The highest BCUT2D eigenvalue weighted by Gasteiger charge is 2.41. The Hall–Kier alpha value is -1.14. The number of hydrogen-bond donors (Lipinski definition) is 0. The quantitative estimate of drug-likeness (QED) is 0.0398. The van der Waals surface area contributed by atoms with Crippen molar-refractivity contribution in [3.63, 3.8) is 0 Å². The lowest BCUT2D eigenvalue weighted by atomic mass is 9.77. The Morgan fingerprint density at radius 2 is 0.667 bits per heavy atom. The lowest BCUT2D eigenvalue weighted by molar-refractivity contribution is -0.344. The Labute approximate surface area is 277 Å². The van der Waals surface area contributed by atoms with E-state index in [9.17, 15) is 19.8 Å². The molecule has 0 saturated carbocycles. The highest BCUT2D eigenvalue weighted by atomic mass is 16.6. The van der Waals surface area contributed by atoms with Gasteiger partial charge in [-0.05, 0) is 51.4 Å². The summed E-state index contributed by atoms with van der Waals surface area (Å²) < 4.78 is 11.6. The maximum Gasteiger partial charge on any atom is 0.0841 e. The maximum absolute atomic E-state index is 12.0. The summed E-state index contributed by atoms with van der Waals surface area (Å²) in [5.41, 5.74) is -1.92. The molecule has 0 radical (unpaired) electrons. The first-order valence-corrected chi connectivity index (χ1v) is 19.7. The van der Waals surface area contributed by atoms with Crippen molar-refractivity contribution < 1.29 is 29.3 Å². The first-order valence-electron chi connectivity index (χ1n) is 19.7. The van der Waals surface area contributed by atoms with E-state index in [0.29, 0.717) is 25.7 Å². The molecule has 0 aromatic carbocycles. The number of carbonyl (C=O) groups excluding carboxylic acids is 2. The maximum atomic E-state index is 12.0. The molecule has 6 nitrogen and oxygen atoms in total. The molecule has 0 aliphatic carbocycles. The van der Waals surface area contributed by atoms with Crippen LogP contribution >= 0.6 is 0 Å². The molecular weight excluding hydrogens is 564 g/mol. The SMILES string of the molecule is CCCCCCCCCCCCCC1OC1CCCC(CCCC1OC1CCCCCCCCCCCCC)(C(=O)[O-])C(=O)[O-]. The van der Waals surface area contributed by atoms with Crippen LogP contribution in [0.1, 0.15) is 206 Å². The second kappa shape index (κ2) is 25.0. The second-order valence-corrected chi connectivity index (χ2v) is 14.5. The molecule has 0 amide bonds. The van der Waals surface area contributed by atoms with Crippen LogP contribution < -0.4 is 10.2 Å². The van der Waals surface area contributed by atoms with E-state index in [1.54, 1.807) is 0 Å². The van der Waals surface area contributed by atoms with Crippen molar-refractivity contribution in [3.05, 3.63) is 0 Å². The highest BCUT2D eigenvalue weighted by Crippen LogP contribution is 2.38. The van der Waals surface area contributed by atoms with E-state index in [0.717, 1.165) is 12.8 Å². The summed E-state index contributed by atoms with van der Waals surface area (Å²) in [5.74, 6) is -3.02. The first kappa shape index (κ1) is 40.0. The minimum absolute atomic E-state index is 0.0520. The summed E-state index contributed by atoms with van der Waals surface area (Å²) in [4.78, 5) is 24.1. The number of hydrogen-bond acceptors (Lipinski definition) is 6. The van der Waals surface area contributed by atoms with Gasteiger partial charge < -0.3 is 29.3 Å². The predicted molar refractivity (Wildman–Crippen MR) is 180 cm³/mol. The van der Waals surface area contributed by atoms with Gasteiger partial charge in [0.15, 0.2) is 0 Å². The molecule has 2 aliphatic heterocycles. The Balaban J connectivity index is 1.48. The lowest BCUT2D eigenvalue weighted by Crippen LogP contribution is -2.53. The van der Waals surface area contributed by atoms with Crippen molar-refractivity contribution in [2.75, 3.05) is 0 Å². The Bertz CT molecular complexity index is 692. The lowest BCUT2D eigenvalue weighted by Gasteiger charge is -2.36. The fourth-order valence-corrected chi connectivity index (χ4v) is 7.22. The minimum Gasteiger partial charge on any atom is -0.549 e.